The monoisotopic (exact) mass is 352 g/mol. The molecular weight excluding hydrogens is 335 g/mol. The van der Waals surface area contributed by atoms with Crippen LogP contribution >= 0.6 is 15.9 Å². The topological polar surface area (TPSA) is 48.1 Å². The number of nitrogens with two attached hydrogens (primary N) is 1. The summed E-state index contributed by atoms with van der Waals surface area (Å²) >= 11 is 3.37. The molecular formula is C16H18BrFN2O. The average Bonchev–Trinajstić information content (AvgIpc) is 2.65. The maximum absolute atomic E-state index is 13.7. The Balaban J connectivity index is 1.89. The molecule has 2 atom stereocenters. The van der Waals surface area contributed by atoms with Crippen LogP contribution in [0.3, 0.4) is 0 Å². The van der Waals surface area contributed by atoms with Gasteiger partial charge in [-0.3, -0.25) is 0 Å². The number of pyridine rings is 1. The molecule has 112 valence electrons. The summed E-state index contributed by atoms with van der Waals surface area (Å²) in [5.41, 5.74) is 8.10. The lowest BCUT2D eigenvalue weighted by Crippen LogP contribution is -2.22. The number of ether oxygens (including phenoxy) is 1. The fourth-order valence-corrected chi connectivity index (χ4v) is 3.22. The fraction of sp³-hybridized carbons (Fsp3) is 0.438. The Labute approximate surface area is 132 Å². The van der Waals surface area contributed by atoms with Crippen molar-refractivity contribution in [2.75, 3.05) is 5.73 Å². The van der Waals surface area contributed by atoms with E-state index in [0.717, 1.165) is 35.7 Å². The predicted octanol–water partition coefficient (Wildman–Crippen LogP) is 4.34. The molecule has 2 aliphatic carbocycles. The van der Waals surface area contributed by atoms with Gasteiger partial charge in [-0.25, -0.2) is 9.37 Å². The quantitative estimate of drug-likeness (QED) is 0.860. The van der Waals surface area contributed by atoms with E-state index in [1.165, 1.54) is 5.57 Å². The van der Waals surface area contributed by atoms with Gasteiger partial charge >= 0.3 is 0 Å². The largest absolute Gasteiger partial charge is 0.482 e. The molecule has 0 bridgehead atoms. The van der Waals surface area contributed by atoms with Crippen molar-refractivity contribution < 1.29 is 9.13 Å². The standard InChI is InChI=1S/C16H18BrFN2O/c17-11-7-15(16(19)20-9-11)21-14-4-2-1-3-10-5-6-12(18)8-13(10)14/h5,7-9,12,14H,1-4,6H2,(H2,19,20). The van der Waals surface area contributed by atoms with Crippen LogP contribution < -0.4 is 10.5 Å². The minimum Gasteiger partial charge on any atom is -0.482 e. The average molecular weight is 353 g/mol. The molecule has 0 aromatic carbocycles. The SMILES string of the molecule is Nc1ncc(Br)cc1OC1CCCCC2=CCC(F)C=C21. The Hall–Kier alpha value is -1.36. The Kier molecular flexibility index (Phi) is 4.29. The molecule has 5 heteroatoms. The lowest BCUT2D eigenvalue weighted by Gasteiger charge is -2.25. The number of halogens is 2. The lowest BCUT2D eigenvalue weighted by molar-refractivity contribution is 0.226. The first-order chi connectivity index (χ1) is 10.1. The van der Waals surface area contributed by atoms with E-state index in [4.69, 9.17) is 10.5 Å². The Morgan fingerprint density at radius 2 is 2.24 bits per heavy atom. The summed E-state index contributed by atoms with van der Waals surface area (Å²) in [7, 11) is 0. The number of aromatic nitrogens is 1. The third-order valence-electron chi connectivity index (χ3n) is 3.95. The first kappa shape index (κ1) is 14.6. The third-order valence-corrected chi connectivity index (χ3v) is 4.38. The van der Waals surface area contributed by atoms with Crippen LogP contribution in [0.25, 0.3) is 0 Å². The van der Waals surface area contributed by atoms with Gasteiger partial charge in [0.1, 0.15) is 12.3 Å². The molecule has 2 N–H and O–H groups in total. The van der Waals surface area contributed by atoms with Gasteiger partial charge in [0.05, 0.1) is 0 Å². The molecule has 0 radical (unpaired) electrons. The summed E-state index contributed by atoms with van der Waals surface area (Å²) in [5, 5.41) is 0. The molecule has 1 saturated carbocycles. The van der Waals surface area contributed by atoms with Crippen LogP contribution in [0.4, 0.5) is 10.2 Å². The van der Waals surface area contributed by atoms with Crippen molar-refractivity contribution in [2.24, 2.45) is 0 Å². The van der Waals surface area contributed by atoms with E-state index in [-0.39, 0.29) is 6.10 Å². The number of allylic oxidation sites excluding steroid dienone is 2. The van der Waals surface area contributed by atoms with Gasteiger partial charge < -0.3 is 10.5 Å². The highest BCUT2D eigenvalue weighted by molar-refractivity contribution is 9.10. The van der Waals surface area contributed by atoms with E-state index < -0.39 is 6.17 Å². The summed E-state index contributed by atoms with van der Waals surface area (Å²) in [6.45, 7) is 0. The van der Waals surface area contributed by atoms with E-state index in [2.05, 4.69) is 20.9 Å². The van der Waals surface area contributed by atoms with Crippen LogP contribution in [-0.4, -0.2) is 17.3 Å². The molecule has 0 spiro atoms. The fourth-order valence-electron chi connectivity index (χ4n) is 2.91. The Morgan fingerprint density at radius 3 is 3.10 bits per heavy atom. The van der Waals surface area contributed by atoms with Gasteiger partial charge in [-0.15, -0.1) is 0 Å². The lowest BCUT2D eigenvalue weighted by atomic mass is 9.91. The highest BCUT2D eigenvalue weighted by atomic mass is 79.9. The highest BCUT2D eigenvalue weighted by Gasteiger charge is 2.27. The minimum absolute atomic E-state index is 0.143. The number of hydrogen-bond donors (Lipinski definition) is 1. The van der Waals surface area contributed by atoms with Crippen molar-refractivity contribution in [3.63, 3.8) is 0 Å². The first-order valence-corrected chi connectivity index (χ1v) is 8.05. The Bertz CT molecular complexity index is 600. The summed E-state index contributed by atoms with van der Waals surface area (Å²) in [6, 6.07) is 1.81. The normalized spacial score (nSPS) is 25.4. The molecule has 0 amide bonds. The zero-order chi connectivity index (χ0) is 14.8. The van der Waals surface area contributed by atoms with Crippen molar-refractivity contribution >= 4 is 21.7 Å². The molecule has 1 aromatic rings. The van der Waals surface area contributed by atoms with Crippen molar-refractivity contribution in [3.8, 4) is 5.75 Å². The number of fused-ring (bicyclic) bond motifs is 1. The van der Waals surface area contributed by atoms with Crippen LogP contribution in [0, 0.1) is 0 Å². The number of nitrogen functional groups attached to an aromatic ring is 1. The number of hydrogen-bond acceptors (Lipinski definition) is 3. The Morgan fingerprint density at radius 1 is 1.38 bits per heavy atom. The summed E-state index contributed by atoms with van der Waals surface area (Å²) in [5.74, 6) is 0.915. The van der Waals surface area contributed by atoms with Gasteiger partial charge in [0.15, 0.2) is 11.6 Å². The molecule has 21 heavy (non-hydrogen) atoms. The van der Waals surface area contributed by atoms with Crippen molar-refractivity contribution in [1.82, 2.24) is 4.98 Å². The third kappa shape index (κ3) is 3.28. The second-order valence-corrected chi connectivity index (χ2v) is 6.41. The molecule has 2 unspecified atom stereocenters. The van der Waals surface area contributed by atoms with Gasteiger partial charge in [0, 0.05) is 17.1 Å². The maximum atomic E-state index is 13.7. The molecule has 3 rings (SSSR count). The van der Waals surface area contributed by atoms with Gasteiger partial charge in [0.2, 0.25) is 0 Å². The highest BCUT2D eigenvalue weighted by Crippen LogP contribution is 2.36. The predicted molar refractivity (Wildman–Crippen MR) is 84.9 cm³/mol. The van der Waals surface area contributed by atoms with Crippen LogP contribution in [-0.2, 0) is 0 Å². The van der Waals surface area contributed by atoms with E-state index in [1.807, 2.05) is 12.1 Å². The second-order valence-electron chi connectivity index (χ2n) is 5.49. The van der Waals surface area contributed by atoms with E-state index in [0.29, 0.717) is 18.0 Å². The zero-order valence-electron chi connectivity index (χ0n) is 11.7. The van der Waals surface area contributed by atoms with E-state index in [9.17, 15) is 4.39 Å². The molecule has 1 fully saturated rings. The summed E-state index contributed by atoms with van der Waals surface area (Å²) < 4.78 is 20.6. The van der Waals surface area contributed by atoms with Crippen LogP contribution in [0.5, 0.6) is 5.75 Å². The molecule has 0 saturated heterocycles. The first-order valence-electron chi connectivity index (χ1n) is 7.26. The van der Waals surface area contributed by atoms with Gasteiger partial charge in [-0.2, -0.15) is 0 Å². The molecule has 3 nitrogen and oxygen atoms in total. The zero-order valence-corrected chi connectivity index (χ0v) is 13.3. The summed E-state index contributed by atoms with van der Waals surface area (Å²) in [4.78, 5) is 4.08. The van der Waals surface area contributed by atoms with Crippen molar-refractivity contribution in [1.29, 1.82) is 0 Å². The second kappa shape index (κ2) is 6.18. The van der Waals surface area contributed by atoms with Gasteiger partial charge in [0.25, 0.3) is 0 Å². The van der Waals surface area contributed by atoms with Crippen LogP contribution in [0.2, 0.25) is 0 Å². The molecule has 1 heterocycles. The maximum Gasteiger partial charge on any atom is 0.166 e. The number of rotatable bonds is 2. The van der Waals surface area contributed by atoms with Gasteiger partial charge in [-0.1, -0.05) is 6.08 Å². The molecule has 1 aromatic heterocycles. The van der Waals surface area contributed by atoms with Crippen LogP contribution in [0.15, 0.2) is 40.0 Å². The van der Waals surface area contributed by atoms with Crippen molar-refractivity contribution in [3.05, 3.63) is 40.0 Å². The number of alkyl halides is 1. The number of anilines is 1. The molecule has 2 aliphatic rings. The number of nitrogens with zero attached hydrogens (tertiary/aromatic N) is 1. The van der Waals surface area contributed by atoms with E-state index >= 15 is 0 Å². The van der Waals surface area contributed by atoms with Crippen molar-refractivity contribution in [2.45, 2.75) is 44.4 Å². The van der Waals surface area contributed by atoms with E-state index in [1.54, 1.807) is 12.3 Å². The smallest absolute Gasteiger partial charge is 0.166 e. The molecule has 0 aliphatic heterocycles. The van der Waals surface area contributed by atoms with Crippen LogP contribution in [0.1, 0.15) is 32.1 Å². The van der Waals surface area contributed by atoms with Gasteiger partial charge in [-0.05, 0) is 64.9 Å². The summed E-state index contributed by atoms with van der Waals surface area (Å²) in [6.07, 6.45) is 8.86. The minimum atomic E-state index is -0.911.